The van der Waals surface area contributed by atoms with Crippen molar-refractivity contribution < 1.29 is 24.8 Å². The van der Waals surface area contributed by atoms with E-state index in [-0.39, 0.29) is 24.8 Å². The molecule has 0 saturated heterocycles. The average Bonchev–Trinajstić information content (AvgIpc) is 3.72. The van der Waals surface area contributed by atoms with Crippen molar-refractivity contribution in [3.05, 3.63) is 149 Å². The number of fused-ring (bicyclic) bond motifs is 2. The molecule has 210 valence electrons. The molecular weight excluding hydrogens is 651 g/mol. The van der Waals surface area contributed by atoms with Crippen molar-refractivity contribution in [2.75, 3.05) is 0 Å². The van der Waals surface area contributed by atoms with Gasteiger partial charge in [0.25, 0.3) is 0 Å². The Morgan fingerprint density at radius 2 is 1.14 bits per heavy atom. The average molecular weight is 685 g/mol. The molecule has 1 nitrogen and oxygen atoms in total. The van der Waals surface area contributed by atoms with Gasteiger partial charge in [-0.2, -0.15) is 0 Å². The van der Waals surface area contributed by atoms with Crippen molar-refractivity contribution in [3.63, 3.8) is 0 Å². The first-order chi connectivity index (χ1) is 19.6. The third-order valence-electron chi connectivity index (χ3n) is 8.51. The molecule has 42 heavy (non-hydrogen) atoms. The molecule has 1 heterocycles. The van der Waals surface area contributed by atoms with Crippen LogP contribution < -0.4 is 0 Å². The van der Waals surface area contributed by atoms with E-state index in [4.69, 9.17) is 4.42 Å². The Hall–Kier alpha value is -2.68. The van der Waals surface area contributed by atoms with Crippen LogP contribution in [0.5, 0.6) is 0 Å². The van der Waals surface area contributed by atoms with Gasteiger partial charge in [-0.25, -0.2) is 0 Å². The molecule has 5 aromatic rings. The van der Waals surface area contributed by atoms with Crippen LogP contribution in [0.3, 0.4) is 0 Å². The summed E-state index contributed by atoms with van der Waals surface area (Å²) in [7, 11) is 0. The predicted molar refractivity (Wildman–Crippen MR) is 181 cm³/mol. The van der Waals surface area contributed by atoms with E-state index in [9.17, 15) is 0 Å². The second kappa shape index (κ2) is 12.9. The first-order valence-electron chi connectivity index (χ1n) is 14.1. The Bertz CT molecular complexity index is 1820. The van der Waals surface area contributed by atoms with Crippen molar-refractivity contribution in [1.29, 1.82) is 0 Å². The van der Waals surface area contributed by atoms with Gasteiger partial charge in [-0.1, -0.05) is 0 Å². The van der Waals surface area contributed by atoms with Crippen molar-refractivity contribution in [2.24, 2.45) is 0 Å². The Morgan fingerprint density at radius 3 is 1.67 bits per heavy atom. The monoisotopic (exact) mass is 682 g/mol. The minimum absolute atomic E-state index is 0. The molecule has 2 unspecified atom stereocenters. The van der Waals surface area contributed by atoms with Gasteiger partial charge in [-0.05, 0) is 0 Å². The summed E-state index contributed by atoms with van der Waals surface area (Å²) >= 11 is -2.28. The molecule has 0 spiro atoms. The summed E-state index contributed by atoms with van der Waals surface area (Å²) in [4.78, 5) is 0. The maximum Gasteiger partial charge on any atom is -0.147 e. The first kappa shape index (κ1) is 30.8. The standard InChI is InChI=1S/C19H13O.C16H13.C2H6Si.2ClH.Zr/c1-2-6-14(7-3-1)17-9-4-8-15-12-16(13-18(15)17)19-10-5-11-20-19;1-12-10-14-8-5-9-15(16(14)11-12)13-6-3-2-4-7-13;1-3-2;;;/h1-13H;2-11H,1H3;1-2H3;2*1H;. The molecule has 5 heteroatoms. The molecule has 0 amide bonds. The molecule has 1 aromatic heterocycles. The zero-order valence-corrected chi connectivity index (χ0v) is 29.1. The number of furan rings is 1. The van der Waals surface area contributed by atoms with E-state index >= 15 is 0 Å². The Balaban J connectivity index is 0.00000176. The van der Waals surface area contributed by atoms with Crippen LogP contribution in [0, 0.1) is 0 Å². The van der Waals surface area contributed by atoms with Gasteiger partial charge >= 0.3 is 247 Å². The number of rotatable bonds is 5. The van der Waals surface area contributed by atoms with Gasteiger partial charge in [0.2, 0.25) is 0 Å². The SMILES string of the molecule is CC1=Cc2c(-c3ccccc3)cccc2[CH]1[Zr]([CH]1C(c2ccco2)=Cc2c(-c3ccccc3)cccc21)=[Si](C)C.Cl.Cl. The summed E-state index contributed by atoms with van der Waals surface area (Å²) in [5.74, 6) is 1.04. The van der Waals surface area contributed by atoms with E-state index in [1.165, 1.54) is 44.5 Å². The third-order valence-corrected chi connectivity index (χ3v) is 28.1. The summed E-state index contributed by atoms with van der Waals surface area (Å²) in [5.41, 5.74) is 13.6. The van der Waals surface area contributed by atoms with Gasteiger partial charge in [0, 0.05) is 0 Å². The molecule has 4 aromatic carbocycles. The van der Waals surface area contributed by atoms with Gasteiger partial charge in [-0.15, -0.1) is 24.8 Å². The molecule has 0 aliphatic heterocycles. The Kier molecular flexibility index (Phi) is 9.45. The van der Waals surface area contributed by atoms with Crippen LogP contribution in [0.4, 0.5) is 0 Å². The maximum atomic E-state index is 6.15. The second-order valence-corrected chi connectivity index (χ2v) is 29.0. The summed E-state index contributed by atoms with van der Waals surface area (Å²) in [5, 5.41) is 0. The normalized spacial score (nSPS) is 16.4. The molecular formula is C37H34Cl2OSiZr. The fourth-order valence-corrected chi connectivity index (χ4v) is 27.1. The van der Waals surface area contributed by atoms with Crippen molar-refractivity contribution in [2.45, 2.75) is 27.3 Å². The van der Waals surface area contributed by atoms with Crippen LogP contribution in [0.1, 0.15) is 42.2 Å². The second-order valence-electron chi connectivity index (χ2n) is 11.1. The molecule has 0 saturated carbocycles. The number of allylic oxidation sites excluding steroid dienone is 2. The molecule has 2 aliphatic carbocycles. The summed E-state index contributed by atoms with van der Waals surface area (Å²) in [6, 6.07) is 40.0. The predicted octanol–water partition coefficient (Wildman–Crippen LogP) is 11.1. The van der Waals surface area contributed by atoms with Crippen molar-refractivity contribution >= 4 is 48.0 Å². The van der Waals surface area contributed by atoms with Crippen LogP contribution >= 0.6 is 24.8 Å². The van der Waals surface area contributed by atoms with Crippen molar-refractivity contribution in [3.8, 4) is 22.3 Å². The number of halogens is 2. The minimum atomic E-state index is -2.28. The van der Waals surface area contributed by atoms with E-state index in [1.54, 1.807) is 11.1 Å². The zero-order valence-electron chi connectivity index (χ0n) is 24.0. The van der Waals surface area contributed by atoms with Crippen molar-refractivity contribution in [1.82, 2.24) is 0 Å². The van der Waals surface area contributed by atoms with E-state index in [0.29, 0.717) is 7.25 Å². The van der Waals surface area contributed by atoms with Crippen LogP contribution in [0.25, 0.3) is 40.0 Å². The Labute approximate surface area is 269 Å². The van der Waals surface area contributed by atoms with Gasteiger partial charge in [0.15, 0.2) is 0 Å². The van der Waals surface area contributed by atoms with E-state index in [1.807, 2.05) is 12.3 Å². The smallest absolute Gasteiger partial charge is 0.147 e. The maximum absolute atomic E-state index is 6.15. The molecule has 0 bridgehead atoms. The van der Waals surface area contributed by atoms with Crippen LogP contribution in [0.2, 0.25) is 13.1 Å². The van der Waals surface area contributed by atoms with Crippen LogP contribution in [-0.2, 0) is 20.4 Å². The van der Waals surface area contributed by atoms with E-state index in [2.05, 4.69) is 135 Å². The van der Waals surface area contributed by atoms with E-state index < -0.39 is 25.8 Å². The largest absolute Gasteiger partial charge is 0.147 e. The minimum Gasteiger partial charge on any atom is -0.147 e. The number of hydrogen-bond acceptors (Lipinski definition) is 1. The molecule has 2 atom stereocenters. The quantitative estimate of drug-likeness (QED) is 0.168. The van der Waals surface area contributed by atoms with Crippen LogP contribution in [0.15, 0.2) is 125 Å². The molecule has 0 radical (unpaired) electrons. The number of hydrogen-bond donors (Lipinski definition) is 0. The van der Waals surface area contributed by atoms with E-state index in [0.717, 1.165) is 5.76 Å². The fourth-order valence-electron chi connectivity index (χ4n) is 6.84. The van der Waals surface area contributed by atoms with Gasteiger partial charge in [-0.3, -0.25) is 0 Å². The zero-order chi connectivity index (χ0) is 27.2. The topological polar surface area (TPSA) is 13.1 Å². The molecule has 2 aliphatic rings. The Morgan fingerprint density at radius 1 is 0.595 bits per heavy atom. The van der Waals surface area contributed by atoms with Gasteiger partial charge < -0.3 is 0 Å². The molecule has 0 fully saturated rings. The fraction of sp³-hybridized carbons (Fsp3) is 0.135. The third kappa shape index (κ3) is 5.31. The number of benzene rings is 4. The summed E-state index contributed by atoms with van der Waals surface area (Å²) < 4.78 is 7.19. The molecule has 0 N–H and O–H groups in total. The summed E-state index contributed by atoms with van der Waals surface area (Å²) in [6.07, 6.45) is 6.82. The van der Waals surface area contributed by atoms with Gasteiger partial charge in [0.05, 0.1) is 0 Å². The van der Waals surface area contributed by atoms with Gasteiger partial charge in [0.1, 0.15) is 0 Å². The first-order valence-corrected chi connectivity index (χ1v) is 23.1. The van der Waals surface area contributed by atoms with Crippen LogP contribution in [-0.4, -0.2) is 5.43 Å². The molecule has 7 rings (SSSR count). The summed E-state index contributed by atoms with van der Waals surface area (Å²) in [6.45, 7) is 7.58.